The van der Waals surface area contributed by atoms with Crippen LogP contribution < -0.4 is 0 Å². The Kier molecular flexibility index (Phi) is 3.53. The van der Waals surface area contributed by atoms with Crippen molar-refractivity contribution < 1.29 is 13.9 Å². The molecule has 0 amide bonds. The number of ketones is 1. The number of ether oxygens (including phenoxy) is 1. The maximum Gasteiger partial charge on any atom is 0.205 e. The van der Waals surface area contributed by atoms with Crippen LogP contribution in [0, 0.1) is 34.4 Å². The summed E-state index contributed by atoms with van der Waals surface area (Å²) in [6.07, 6.45) is 0.991. The van der Waals surface area contributed by atoms with Gasteiger partial charge in [-0.2, -0.15) is 5.26 Å². The van der Waals surface area contributed by atoms with E-state index in [4.69, 9.17) is 10.1 Å². The maximum absolute atomic E-state index is 13.2. The number of carbonyl (C=O) groups is 1. The van der Waals surface area contributed by atoms with E-state index >= 15 is 0 Å². The molecule has 0 saturated carbocycles. The summed E-state index contributed by atoms with van der Waals surface area (Å²) < 4.78 is 18.6. The topological polar surface area (TPSA) is 73.9 Å². The van der Waals surface area contributed by atoms with Gasteiger partial charge in [0, 0.05) is 24.3 Å². The molecule has 1 aromatic rings. The van der Waals surface area contributed by atoms with Crippen molar-refractivity contribution in [1.29, 1.82) is 10.7 Å². The first-order valence-electron chi connectivity index (χ1n) is 7.19. The van der Waals surface area contributed by atoms with E-state index in [2.05, 4.69) is 6.07 Å². The van der Waals surface area contributed by atoms with Crippen molar-refractivity contribution >= 4 is 11.7 Å². The first-order chi connectivity index (χ1) is 10.5. The number of Topliss-reactive ketones (excluding diaryl/α,β-unsaturated/α-hetero) is 1. The third-order valence-electron chi connectivity index (χ3n) is 4.20. The summed E-state index contributed by atoms with van der Waals surface area (Å²) in [4.78, 5) is 12.5. The van der Waals surface area contributed by atoms with Gasteiger partial charge in [-0.3, -0.25) is 10.2 Å². The molecule has 0 radical (unpaired) electrons. The number of hydrogen-bond acceptors (Lipinski definition) is 4. The summed E-state index contributed by atoms with van der Waals surface area (Å²) in [6.45, 7) is 1.96. The average molecular weight is 298 g/mol. The van der Waals surface area contributed by atoms with Gasteiger partial charge in [0.1, 0.15) is 17.5 Å². The zero-order valence-electron chi connectivity index (χ0n) is 12.1. The molecule has 3 rings (SSSR count). The maximum atomic E-state index is 13.2. The fraction of sp³-hybridized carbons (Fsp3) is 0.353. The Hall–Kier alpha value is -2.48. The fourth-order valence-corrected chi connectivity index (χ4v) is 3.20. The van der Waals surface area contributed by atoms with Crippen LogP contribution in [0.25, 0.3) is 0 Å². The van der Waals surface area contributed by atoms with E-state index in [9.17, 15) is 14.4 Å². The van der Waals surface area contributed by atoms with Gasteiger partial charge in [-0.25, -0.2) is 4.39 Å². The number of halogens is 1. The van der Waals surface area contributed by atoms with E-state index in [0.717, 1.165) is 0 Å². The van der Waals surface area contributed by atoms with Gasteiger partial charge in [-0.1, -0.05) is 19.1 Å². The van der Waals surface area contributed by atoms with Crippen molar-refractivity contribution in [3.63, 3.8) is 0 Å². The number of nitrogens with one attached hydrogen (secondary N) is 1. The van der Waals surface area contributed by atoms with Crippen LogP contribution in [-0.2, 0) is 9.53 Å². The van der Waals surface area contributed by atoms with Gasteiger partial charge in [0.05, 0.1) is 6.07 Å². The molecule has 0 bridgehead atoms. The number of benzene rings is 1. The van der Waals surface area contributed by atoms with Crippen molar-refractivity contribution in [2.75, 3.05) is 0 Å². The van der Waals surface area contributed by atoms with E-state index in [1.54, 1.807) is 12.1 Å². The molecule has 22 heavy (non-hydrogen) atoms. The highest BCUT2D eigenvalue weighted by Gasteiger charge is 2.43. The molecule has 1 heterocycles. The Balaban J connectivity index is 2.15. The van der Waals surface area contributed by atoms with E-state index in [-0.39, 0.29) is 23.4 Å². The van der Waals surface area contributed by atoms with Crippen molar-refractivity contribution in [2.24, 2.45) is 11.8 Å². The number of hydrogen-bond donors (Lipinski definition) is 1. The zero-order chi connectivity index (χ0) is 15.9. The lowest BCUT2D eigenvalue weighted by atomic mass is 9.72. The van der Waals surface area contributed by atoms with Crippen LogP contribution in [0.2, 0.25) is 0 Å². The van der Waals surface area contributed by atoms with E-state index in [0.29, 0.717) is 29.7 Å². The lowest BCUT2D eigenvalue weighted by Gasteiger charge is -2.35. The van der Waals surface area contributed by atoms with Crippen molar-refractivity contribution in [3.8, 4) is 6.07 Å². The molecule has 2 aliphatic rings. The van der Waals surface area contributed by atoms with Gasteiger partial charge in [0.25, 0.3) is 0 Å². The van der Waals surface area contributed by atoms with Crippen LogP contribution in [0.3, 0.4) is 0 Å². The quantitative estimate of drug-likeness (QED) is 0.864. The molecule has 1 aliphatic carbocycles. The Morgan fingerprint density at radius 2 is 2.00 bits per heavy atom. The monoisotopic (exact) mass is 298 g/mol. The molecule has 1 aliphatic heterocycles. The molecule has 1 N–H and O–H groups in total. The third kappa shape index (κ3) is 2.31. The SMILES string of the molecule is CC1CC(=O)C2=C(C1)OC(=N)C(C#N)C2c1ccc(F)cc1. The Morgan fingerprint density at radius 3 is 2.64 bits per heavy atom. The Bertz CT molecular complexity index is 715. The molecular weight excluding hydrogens is 283 g/mol. The number of nitrogens with zero attached hydrogens (tertiary/aromatic N) is 1. The highest BCUT2D eigenvalue weighted by atomic mass is 19.1. The van der Waals surface area contributed by atoms with Crippen molar-refractivity contribution in [2.45, 2.75) is 25.7 Å². The molecular formula is C17H15FN2O2. The summed E-state index contributed by atoms with van der Waals surface area (Å²) in [5.74, 6) is -1.32. The molecule has 4 nitrogen and oxygen atoms in total. The van der Waals surface area contributed by atoms with Crippen LogP contribution in [-0.4, -0.2) is 11.7 Å². The van der Waals surface area contributed by atoms with Crippen LogP contribution in [0.1, 0.15) is 31.2 Å². The Morgan fingerprint density at radius 1 is 1.32 bits per heavy atom. The van der Waals surface area contributed by atoms with E-state index < -0.39 is 11.8 Å². The molecule has 5 heteroatoms. The average Bonchev–Trinajstić information content (AvgIpc) is 2.46. The number of allylic oxidation sites excluding steroid dienone is 2. The van der Waals surface area contributed by atoms with Crippen molar-refractivity contribution in [3.05, 3.63) is 47.0 Å². The molecule has 0 spiro atoms. The van der Waals surface area contributed by atoms with Crippen LogP contribution in [0.15, 0.2) is 35.6 Å². The highest BCUT2D eigenvalue weighted by molar-refractivity contribution is 6.01. The molecule has 0 aromatic heterocycles. The minimum atomic E-state index is -0.860. The molecule has 0 saturated heterocycles. The summed E-state index contributed by atoms with van der Waals surface area (Å²) in [5.41, 5.74) is 1.14. The highest BCUT2D eigenvalue weighted by Crippen LogP contribution is 2.44. The Labute approximate surface area is 127 Å². The van der Waals surface area contributed by atoms with E-state index in [1.165, 1.54) is 12.1 Å². The van der Waals surface area contributed by atoms with Gasteiger partial charge in [-0.05, 0) is 23.6 Å². The minimum absolute atomic E-state index is 0.0455. The first-order valence-corrected chi connectivity index (χ1v) is 7.19. The minimum Gasteiger partial charge on any atom is -0.446 e. The second-order valence-electron chi connectivity index (χ2n) is 5.88. The molecule has 1 aromatic carbocycles. The number of carbonyl (C=O) groups excluding carboxylic acids is 1. The van der Waals surface area contributed by atoms with Gasteiger partial charge in [-0.15, -0.1) is 0 Å². The third-order valence-corrected chi connectivity index (χ3v) is 4.20. The van der Waals surface area contributed by atoms with Gasteiger partial charge in [0.15, 0.2) is 5.78 Å². The second kappa shape index (κ2) is 5.38. The molecule has 3 unspecified atom stereocenters. The standard InChI is InChI=1S/C17H15FN2O2/c1-9-6-13(21)16-14(7-9)22-17(20)12(8-19)15(16)10-2-4-11(18)5-3-10/h2-5,9,12,15,20H,6-7H2,1H3. The number of rotatable bonds is 1. The van der Waals surface area contributed by atoms with Gasteiger partial charge < -0.3 is 4.74 Å². The van der Waals surface area contributed by atoms with Crippen molar-refractivity contribution in [1.82, 2.24) is 0 Å². The lowest BCUT2D eigenvalue weighted by molar-refractivity contribution is -0.117. The van der Waals surface area contributed by atoms with E-state index in [1.807, 2.05) is 6.92 Å². The summed E-state index contributed by atoms with van der Waals surface area (Å²) in [5, 5.41) is 17.4. The largest absolute Gasteiger partial charge is 0.446 e. The normalized spacial score (nSPS) is 28.0. The molecule has 3 atom stereocenters. The zero-order valence-corrected chi connectivity index (χ0v) is 12.1. The first kappa shape index (κ1) is 14.5. The lowest BCUT2D eigenvalue weighted by Crippen LogP contribution is -2.36. The van der Waals surface area contributed by atoms with Gasteiger partial charge in [0.2, 0.25) is 5.90 Å². The summed E-state index contributed by atoms with van der Waals surface area (Å²) in [6, 6.07) is 7.80. The summed E-state index contributed by atoms with van der Waals surface area (Å²) in [7, 11) is 0. The predicted octanol–water partition coefficient (Wildman–Crippen LogP) is 3.31. The van der Waals surface area contributed by atoms with Crippen LogP contribution in [0.4, 0.5) is 4.39 Å². The molecule has 0 fully saturated rings. The second-order valence-corrected chi connectivity index (χ2v) is 5.88. The fourth-order valence-electron chi connectivity index (χ4n) is 3.20. The molecule has 112 valence electrons. The van der Waals surface area contributed by atoms with Crippen LogP contribution >= 0.6 is 0 Å². The number of nitriles is 1. The smallest absolute Gasteiger partial charge is 0.205 e. The summed E-state index contributed by atoms with van der Waals surface area (Å²) >= 11 is 0. The van der Waals surface area contributed by atoms with Crippen LogP contribution in [0.5, 0.6) is 0 Å². The predicted molar refractivity (Wildman–Crippen MR) is 77.5 cm³/mol. The van der Waals surface area contributed by atoms with Gasteiger partial charge >= 0.3 is 0 Å².